The van der Waals surface area contributed by atoms with Gasteiger partial charge in [0, 0.05) is 6.20 Å². The Kier molecular flexibility index (Phi) is 2.29. The maximum Gasteiger partial charge on any atom is 0.192 e. The minimum Gasteiger partial charge on any atom is -0.220 e. The van der Waals surface area contributed by atoms with Crippen molar-refractivity contribution >= 4 is 32.9 Å². The molecular formula is C11H8BrN3S. The quantitative estimate of drug-likeness (QED) is 0.687. The predicted octanol–water partition coefficient (Wildman–Crippen LogP) is 3.53. The fraction of sp³-hybridized carbons (Fsp3) is 0.0909. The van der Waals surface area contributed by atoms with E-state index in [1.165, 1.54) is 0 Å². The predicted molar refractivity (Wildman–Crippen MR) is 68.7 cm³/mol. The standard InChI is InChI=1S/C11H8BrN3S/c1-7-3-2-6-15-11(7)13-10(14-15)8-4-5-9(12)16-8/h2-6H,1H3. The van der Waals surface area contributed by atoms with Crippen LogP contribution < -0.4 is 0 Å². The molecular weight excluding hydrogens is 286 g/mol. The average Bonchev–Trinajstić information content (AvgIpc) is 2.84. The number of thiophene rings is 1. The van der Waals surface area contributed by atoms with Crippen molar-refractivity contribution < 1.29 is 0 Å². The van der Waals surface area contributed by atoms with Gasteiger partial charge in [0.05, 0.1) is 8.66 Å². The Hall–Kier alpha value is -1.20. The fourth-order valence-electron chi connectivity index (χ4n) is 1.58. The number of hydrogen-bond donors (Lipinski definition) is 0. The summed E-state index contributed by atoms with van der Waals surface area (Å²) in [6.07, 6.45) is 1.92. The highest BCUT2D eigenvalue weighted by atomic mass is 79.9. The number of hydrogen-bond acceptors (Lipinski definition) is 3. The molecule has 0 unspecified atom stereocenters. The van der Waals surface area contributed by atoms with Gasteiger partial charge in [-0.05, 0) is 46.6 Å². The van der Waals surface area contributed by atoms with Gasteiger partial charge in [-0.3, -0.25) is 0 Å². The molecule has 16 heavy (non-hydrogen) atoms. The number of fused-ring (bicyclic) bond motifs is 1. The summed E-state index contributed by atoms with van der Waals surface area (Å²) in [6, 6.07) is 8.06. The van der Waals surface area contributed by atoms with Crippen LogP contribution in [0.1, 0.15) is 5.56 Å². The first-order valence-electron chi connectivity index (χ1n) is 4.82. The van der Waals surface area contributed by atoms with Crippen LogP contribution in [0.4, 0.5) is 0 Å². The van der Waals surface area contributed by atoms with Gasteiger partial charge in [0.1, 0.15) is 0 Å². The largest absolute Gasteiger partial charge is 0.220 e. The summed E-state index contributed by atoms with van der Waals surface area (Å²) in [4.78, 5) is 5.62. The highest BCUT2D eigenvalue weighted by molar-refractivity contribution is 9.11. The number of aryl methyl sites for hydroxylation is 1. The van der Waals surface area contributed by atoms with Crippen LogP contribution in [0.15, 0.2) is 34.2 Å². The second-order valence-corrected chi connectivity index (χ2v) is 5.96. The molecule has 0 aromatic carbocycles. The van der Waals surface area contributed by atoms with E-state index in [4.69, 9.17) is 0 Å². The van der Waals surface area contributed by atoms with Crippen molar-refractivity contribution in [1.29, 1.82) is 0 Å². The zero-order valence-corrected chi connectivity index (χ0v) is 10.9. The molecule has 3 heterocycles. The molecule has 0 bridgehead atoms. The lowest BCUT2D eigenvalue weighted by atomic mass is 10.3. The van der Waals surface area contributed by atoms with Gasteiger partial charge in [-0.1, -0.05) is 6.07 Å². The molecule has 3 aromatic heterocycles. The summed E-state index contributed by atoms with van der Waals surface area (Å²) < 4.78 is 2.91. The van der Waals surface area contributed by atoms with Crippen LogP contribution in [-0.2, 0) is 0 Å². The molecule has 0 aliphatic heterocycles. The van der Waals surface area contributed by atoms with E-state index < -0.39 is 0 Å². The minimum absolute atomic E-state index is 0.782. The summed E-state index contributed by atoms with van der Waals surface area (Å²) in [7, 11) is 0. The van der Waals surface area contributed by atoms with E-state index in [0.29, 0.717) is 0 Å². The van der Waals surface area contributed by atoms with Crippen molar-refractivity contribution in [2.24, 2.45) is 0 Å². The van der Waals surface area contributed by atoms with Gasteiger partial charge in [-0.25, -0.2) is 9.50 Å². The van der Waals surface area contributed by atoms with Gasteiger partial charge in [0.15, 0.2) is 11.5 Å². The van der Waals surface area contributed by atoms with Gasteiger partial charge < -0.3 is 0 Å². The van der Waals surface area contributed by atoms with Gasteiger partial charge in [-0.2, -0.15) is 0 Å². The van der Waals surface area contributed by atoms with E-state index >= 15 is 0 Å². The molecule has 0 N–H and O–H groups in total. The first-order valence-corrected chi connectivity index (χ1v) is 6.43. The van der Waals surface area contributed by atoms with Gasteiger partial charge in [-0.15, -0.1) is 16.4 Å². The van der Waals surface area contributed by atoms with Crippen LogP contribution in [0.5, 0.6) is 0 Å². The van der Waals surface area contributed by atoms with Crippen molar-refractivity contribution in [2.45, 2.75) is 6.92 Å². The highest BCUT2D eigenvalue weighted by Crippen LogP contribution is 2.29. The summed E-state index contributed by atoms with van der Waals surface area (Å²) in [6.45, 7) is 2.04. The molecule has 3 nitrogen and oxygen atoms in total. The highest BCUT2D eigenvalue weighted by Gasteiger charge is 2.09. The van der Waals surface area contributed by atoms with Gasteiger partial charge >= 0.3 is 0 Å². The van der Waals surface area contributed by atoms with Crippen LogP contribution >= 0.6 is 27.3 Å². The van der Waals surface area contributed by atoms with Crippen LogP contribution in [0.3, 0.4) is 0 Å². The Morgan fingerprint density at radius 1 is 1.31 bits per heavy atom. The second kappa shape index (κ2) is 3.68. The van der Waals surface area contributed by atoms with E-state index in [2.05, 4.69) is 26.0 Å². The smallest absolute Gasteiger partial charge is 0.192 e. The molecule has 0 spiro atoms. The minimum atomic E-state index is 0.782. The molecule has 5 heteroatoms. The first-order chi connectivity index (χ1) is 7.74. The average molecular weight is 294 g/mol. The molecule has 0 fully saturated rings. The number of rotatable bonds is 1. The van der Waals surface area contributed by atoms with Crippen molar-refractivity contribution in [2.75, 3.05) is 0 Å². The van der Waals surface area contributed by atoms with Crippen LogP contribution in [0, 0.1) is 6.92 Å². The molecule has 3 rings (SSSR count). The summed E-state index contributed by atoms with van der Waals surface area (Å²) in [5.41, 5.74) is 2.05. The Morgan fingerprint density at radius 3 is 2.88 bits per heavy atom. The lowest BCUT2D eigenvalue weighted by Crippen LogP contribution is -1.87. The van der Waals surface area contributed by atoms with Crippen molar-refractivity contribution in [3.8, 4) is 10.7 Å². The molecule has 0 atom stereocenters. The lowest BCUT2D eigenvalue weighted by Gasteiger charge is -1.92. The lowest BCUT2D eigenvalue weighted by molar-refractivity contribution is 0.962. The van der Waals surface area contributed by atoms with Crippen molar-refractivity contribution in [1.82, 2.24) is 14.6 Å². The van der Waals surface area contributed by atoms with Gasteiger partial charge in [0.2, 0.25) is 0 Å². The Balaban J connectivity index is 2.22. The number of nitrogens with zero attached hydrogens (tertiary/aromatic N) is 3. The molecule has 0 radical (unpaired) electrons. The number of halogens is 1. The summed E-state index contributed by atoms with van der Waals surface area (Å²) >= 11 is 5.08. The third kappa shape index (κ3) is 1.56. The monoisotopic (exact) mass is 293 g/mol. The van der Waals surface area contributed by atoms with Crippen LogP contribution in [0.2, 0.25) is 0 Å². The number of pyridine rings is 1. The zero-order valence-electron chi connectivity index (χ0n) is 8.51. The van der Waals surface area contributed by atoms with E-state index in [1.54, 1.807) is 11.3 Å². The maximum atomic E-state index is 4.54. The van der Waals surface area contributed by atoms with E-state index in [1.807, 2.05) is 41.9 Å². The Morgan fingerprint density at radius 2 is 2.19 bits per heavy atom. The normalized spacial score (nSPS) is 11.1. The molecule has 0 amide bonds. The van der Waals surface area contributed by atoms with Gasteiger partial charge in [0.25, 0.3) is 0 Å². The molecule has 0 aliphatic carbocycles. The maximum absolute atomic E-state index is 4.54. The molecule has 0 saturated heterocycles. The first kappa shape index (κ1) is 9.99. The third-order valence-corrected chi connectivity index (χ3v) is 3.97. The molecule has 80 valence electrons. The summed E-state index contributed by atoms with van der Waals surface area (Å²) in [5.74, 6) is 0.782. The zero-order chi connectivity index (χ0) is 11.1. The summed E-state index contributed by atoms with van der Waals surface area (Å²) in [5, 5.41) is 4.45. The van der Waals surface area contributed by atoms with E-state index in [9.17, 15) is 0 Å². The molecule has 0 saturated carbocycles. The number of aromatic nitrogens is 3. The molecule has 3 aromatic rings. The topological polar surface area (TPSA) is 30.2 Å². The Labute approximate surface area is 105 Å². The van der Waals surface area contributed by atoms with Crippen molar-refractivity contribution in [3.63, 3.8) is 0 Å². The van der Waals surface area contributed by atoms with Crippen LogP contribution in [0.25, 0.3) is 16.3 Å². The van der Waals surface area contributed by atoms with Crippen LogP contribution in [-0.4, -0.2) is 14.6 Å². The fourth-order valence-corrected chi connectivity index (χ4v) is 2.89. The Bertz CT molecular complexity index is 656. The van der Waals surface area contributed by atoms with E-state index in [0.717, 1.165) is 25.7 Å². The van der Waals surface area contributed by atoms with Crippen molar-refractivity contribution in [3.05, 3.63) is 39.8 Å². The molecule has 0 aliphatic rings. The third-order valence-electron chi connectivity index (χ3n) is 2.35. The SMILES string of the molecule is Cc1cccn2nc(-c3ccc(Br)s3)nc12. The van der Waals surface area contributed by atoms with E-state index in [-0.39, 0.29) is 0 Å². The second-order valence-electron chi connectivity index (χ2n) is 3.50.